The van der Waals surface area contributed by atoms with Crippen molar-refractivity contribution in [2.24, 2.45) is 5.41 Å². The average Bonchev–Trinajstić information content (AvgIpc) is 2.34. The third kappa shape index (κ3) is 4.46. The predicted octanol–water partition coefficient (Wildman–Crippen LogP) is 5.47. The SMILES string of the molecule is CCC(NCC(C)(C)CC)c1ccc(Cl)c(Cl)c1. The summed E-state index contributed by atoms with van der Waals surface area (Å²) in [5, 5.41) is 4.87. The minimum Gasteiger partial charge on any atom is -0.309 e. The summed E-state index contributed by atoms with van der Waals surface area (Å²) in [7, 11) is 0. The Morgan fingerprint density at radius 2 is 1.83 bits per heavy atom. The van der Waals surface area contributed by atoms with Crippen LogP contribution in [0.4, 0.5) is 0 Å². The maximum Gasteiger partial charge on any atom is 0.0595 e. The zero-order valence-electron chi connectivity index (χ0n) is 11.7. The van der Waals surface area contributed by atoms with Gasteiger partial charge in [-0.3, -0.25) is 0 Å². The van der Waals surface area contributed by atoms with Gasteiger partial charge in [0.15, 0.2) is 0 Å². The second-order valence-corrected chi connectivity index (χ2v) is 6.35. The molecule has 0 aliphatic rings. The molecule has 0 spiro atoms. The fraction of sp³-hybridized carbons (Fsp3) is 0.600. The van der Waals surface area contributed by atoms with Crippen LogP contribution in [-0.2, 0) is 0 Å². The third-order valence-corrected chi connectivity index (χ3v) is 4.28. The Morgan fingerprint density at radius 1 is 1.17 bits per heavy atom. The highest BCUT2D eigenvalue weighted by Gasteiger charge is 2.18. The molecule has 1 N–H and O–H groups in total. The minimum absolute atomic E-state index is 0.323. The van der Waals surface area contributed by atoms with Crippen molar-refractivity contribution in [1.82, 2.24) is 5.32 Å². The molecule has 0 fully saturated rings. The van der Waals surface area contributed by atoms with Crippen LogP contribution in [0.1, 0.15) is 52.1 Å². The van der Waals surface area contributed by atoms with Gasteiger partial charge in [-0.2, -0.15) is 0 Å². The van der Waals surface area contributed by atoms with E-state index in [9.17, 15) is 0 Å². The van der Waals surface area contributed by atoms with E-state index in [1.807, 2.05) is 18.2 Å². The highest BCUT2D eigenvalue weighted by molar-refractivity contribution is 6.42. The van der Waals surface area contributed by atoms with Gasteiger partial charge in [0.25, 0.3) is 0 Å². The topological polar surface area (TPSA) is 12.0 Å². The van der Waals surface area contributed by atoms with Gasteiger partial charge in [-0.05, 0) is 36.0 Å². The molecule has 1 atom stereocenters. The van der Waals surface area contributed by atoms with E-state index in [1.165, 1.54) is 5.56 Å². The lowest BCUT2D eigenvalue weighted by Crippen LogP contribution is -2.31. The van der Waals surface area contributed by atoms with Gasteiger partial charge in [0.05, 0.1) is 10.0 Å². The summed E-state index contributed by atoms with van der Waals surface area (Å²) in [6, 6.07) is 6.22. The molecule has 0 saturated carbocycles. The second-order valence-electron chi connectivity index (χ2n) is 5.53. The summed E-state index contributed by atoms with van der Waals surface area (Å²) in [6.07, 6.45) is 2.20. The molecule has 1 aromatic rings. The molecule has 102 valence electrons. The highest BCUT2D eigenvalue weighted by atomic mass is 35.5. The lowest BCUT2D eigenvalue weighted by molar-refractivity contribution is 0.307. The van der Waals surface area contributed by atoms with Gasteiger partial charge >= 0.3 is 0 Å². The van der Waals surface area contributed by atoms with Gasteiger partial charge in [-0.1, -0.05) is 57.0 Å². The zero-order chi connectivity index (χ0) is 13.8. The van der Waals surface area contributed by atoms with Gasteiger partial charge in [-0.25, -0.2) is 0 Å². The van der Waals surface area contributed by atoms with Crippen LogP contribution in [0.2, 0.25) is 10.0 Å². The fourth-order valence-electron chi connectivity index (χ4n) is 1.75. The molecule has 1 rings (SSSR count). The number of benzene rings is 1. The average molecular weight is 288 g/mol. The van der Waals surface area contributed by atoms with Crippen LogP contribution in [0.5, 0.6) is 0 Å². The number of nitrogens with one attached hydrogen (secondary N) is 1. The molecule has 0 aliphatic heterocycles. The highest BCUT2D eigenvalue weighted by Crippen LogP contribution is 2.28. The molecule has 1 aromatic carbocycles. The Kier molecular flexibility index (Phi) is 5.97. The van der Waals surface area contributed by atoms with Crippen molar-refractivity contribution in [3.8, 4) is 0 Å². The second kappa shape index (κ2) is 6.79. The molecule has 0 aliphatic carbocycles. The van der Waals surface area contributed by atoms with Gasteiger partial charge in [0, 0.05) is 12.6 Å². The molecular weight excluding hydrogens is 265 g/mol. The molecule has 18 heavy (non-hydrogen) atoms. The van der Waals surface area contributed by atoms with Crippen LogP contribution in [0.15, 0.2) is 18.2 Å². The van der Waals surface area contributed by atoms with E-state index in [-0.39, 0.29) is 0 Å². The number of hydrogen-bond donors (Lipinski definition) is 1. The molecular formula is C15H23Cl2N. The summed E-state index contributed by atoms with van der Waals surface area (Å²) < 4.78 is 0. The first-order valence-electron chi connectivity index (χ1n) is 6.58. The van der Waals surface area contributed by atoms with E-state index >= 15 is 0 Å². The first-order chi connectivity index (χ1) is 8.39. The molecule has 0 aromatic heterocycles. The number of halogens is 2. The van der Waals surface area contributed by atoms with Crippen molar-refractivity contribution in [1.29, 1.82) is 0 Å². The normalized spacial score (nSPS) is 13.7. The van der Waals surface area contributed by atoms with Crippen molar-refractivity contribution in [3.63, 3.8) is 0 Å². The van der Waals surface area contributed by atoms with Gasteiger partial charge in [0.1, 0.15) is 0 Å². The lowest BCUT2D eigenvalue weighted by atomic mass is 9.89. The lowest BCUT2D eigenvalue weighted by Gasteiger charge is -2.27. The van der Waals surface area contributed by atoms with E-state index in [2.05, 4.69) is 33.0 Å². The molecule has 0 radical (unpaired) electrons. The molecule has 0 bridgehead atoms. The van der Waals surface area contributed by atoms with E-state index in [0.29, 0.717) is 21.5 Å². The molecule has 0 saturated heterocycles. The summed E-state index contributed by atoms with van der Waals surface area (Å²) in [4.78, 5) is 0. The Labute approximate surface area is 121 Å². The molecule has 1 nitrogen and oxygen atoms in total. The van der Waals surface area contributed by atoms with Crippen LogP contribution < -0.4 is 5.32 Å². The van der Waals surface area contributed by atoms with Crippen molar-refractivity contribution in [2.75, 3.05) is 6.54 Å². The van der Waals surface area contributed by atoms with Crippen molar-refractivity contribution in [3.05, 3.63) is 33.8 Å². The Hall–Kier alpha value is -0.240. The quantitative estimate of drug-likeness (QED) is 0.731. The van der Waals surface area contributed by atoms with Crippen molar-refractivity contribution in [2.45, 2.75) is 46.6 Å². The molecule has 3 heteroatoms. The summed E-state index contributed by atoms with van der Waals surface area (Å²) in [5.41, 5.74) is 1.53. The fourth-order valence-corrected chi connectivity index (χ4v) is 2.06. The minimum atomic E-state index is 0.323. The van der Waals surface area contributed by atoms with Crippen LogP contribution in [0, 0.1) is 5.41 Å². The Balaban J connectivity index is 2.74. The smallest absolute Gasteiger partial charge is 0.0595 e. The monoisotopic (exact) mass is 287 g/mol. The molecule has 0 amide bonds. The van der Waals surface area contributed by atoms with Crippen LogP contribution >= 0.6 is 23.2 Å². The van der Waals surface area contributed by atoms with Gasteiger partial charge in [0.2, 0.25) is 0 Å². The van der Waals surface area contributed by atoms with Gasteiger partial charge < -0.3 is 5.32 Å². The van der Waals surface area contributed by atoms with Crippen molar-refractivity contribution < 1.29 is 0 Å². The first-order valence-corrected chi connectivity index (χ1v) is 7.33. The summed E-state index contributed by atoms with van der Waals surface area (Å²) in [6.45, 7) is 9.96. The summed E-state index contributed by atoms with van der Waals surface area (Å²) in [5.74, 6) is 0. The van der Waals surface area contributed by atoms with Crippen LogP contribution in [0.3, 0.4) is 0 Å². The van der Waals surface area contributed by atoms with E-state index in [1.54, 1.807) is 0 Å². The third-order valence-electron chi connectivity index (χ3n) is 3.54. The van der Waals surface area contributed by atoms with E-state index in [4.69, 9.17) is 23.2 Å². The van der Waals surface area contributed by atoms with Crippen LogP contribution in [-0.4, -0.2) is 6.54 Å². The Morgan fingerprint density at radius 3 is 2.33 bits per heavy atom. The standard InChI is InChI=1S/C15H23Cl2N/c1-5-14(18-10-15(3,4)6-2)11-7-8-12(16)13(17)9-11/h7-9,14,18H,5-6,10H2,1-4H3. The molecule has 0 heterocycles. The summed E-state index contributed by atoms with van der Waals surface area (Å²) >= 11 is 12.0. The predicted molar refractivity (Wildman–Crippen MR) is 81.6 cm³/mol. The number of hydrogen-bond acceptors (Lipinski definition) is 1. The van der Waals surface area contributed by atoms with Crippen molar-refractivity contribution >= 4 is 23.2 Å². The van der Waals surface area contributed by atoms with E-state index < -0.39 is 0 Å². The zero-order valence-corrected chi connectivity index (χ0v) is 13.2. The maximum atomic E-state index is 6.07. The molecule has 1 unspecified atom stereocenters. The Bertz CT molecular complexity index is 388. The number of rotatable bonds is 6. The maximum absolute atomic E-state index is 6.07. The first kappa shape index (κ1) is 15.8. The van der Waals surface area contributed by atoms with Crippen LogP contribution in [0.25, 0.3) is 0 Å². The largest absolute Gasteiger partial charge is 0.309 e. The van der Waals surface area contributed by atoms with E-state index in [0.717, 1.165) is 19.4 Å². The van der Waals surface area contributed by atoms with Gasteiger partial charge in [-0.15, -0.1) is 0 Å².